The minimum atomic E-state index is -0.190. The summed E-state index contributed by atoms with van der Waals surface area (Å²) < 4.78 is 0. The molecule has 0 saturated carbocycles. The van der Waals surface area contributed by atoms with Crippen LogP contribution in [-0.4, -0.2) is 29.2 Å². The summed E-state index contributed by atoms with van der Waals surface area (Å²) in [6.07, 6.45) is 1.78. The molecule has 1 aliphatic rings. The fourth-order valence-electron chi connectivity index (χ4n) is 2.38. The molecule has 17 heavy (non-hydrogen) atoms. The van der Waals surface area contributed by atoms with Gasteiger partial charge in [0.15, 0.2) is 0 Å². The van der Waals surface area contributed by atoms with Crippen LogP contribution in [0.5, 0.6) is 0 Å². The number of nitriles is 1. The molecule has 1 aromatic rings. The minimum absolute atomic E-state index is 0.190. The molecule has 0 bridgehead atoms. The van der Waals surface area contributed by atoms with Crippen molar-refractivity contribution in [3.05, 3.63) is 35.4 Å². The number of likely N-dealkylation sites (tertiary alicyclic amines) is 1. The summed E-state index contributed by atoms with van der Waals surface area (Å²) in [5.41, 5.74) is 1.90. The van der Waals surface area contributed by atoms with Crippen molar-refractivity contribution in [2.24, 2.45) is 0 Å². The van der Waals surface area contributed by atoms with Gasteiger partial charge in [-0.1, -0.05) is 12.1 Å². The molecule has 1 fully saturated rings. The minimum Gasteiger partial charge on any atom is -0.392 e. The van der Waals surface area contributed by atoms with E-state index in [0.717, 1.165) is 25.9 Å². The molecule has 1 heterocycles. The van der Waals surface area contributed by atoms with Gasteiger partial charge < -0.3 is 5.11 Å². The Balaban J connectivity index is 2.07. The van der Waals surface area contributed by atoms with Crippen LogP contribution in [0.1, 0.15) is 36.9 Å². The molecule has 1 N–H and O–H groups in total. The number of piperidine rings is 1. The van der Waals surface area contributed by atoms with Crippen LogP contribution in [0.4, 0.5) is 0 Å². The summed E-state index contributed by atoms with van der Waals surface area (Å²) in [6, 6.07) is 10.1. The maximum Gasteiger partial charge on any atom is 0.0991 e. The lowest BCUT2D eigenvalue weighted by Gasteiger charge is -2.35. The lowest BCUT2D eigenvalue weighted by Crippen LogP contribution is -2.39. The van der Waals surface area contributed by atoms with E-state index >= 15 is 0 Å². The number of benzene rings is 1. The summed E-state index contributed by atoms with van der Waals surface area (Å²) in [6.45, 7) is 3.94. The van der Waals surface area contributed by atoms with Gasteiger partial charge in [0.05, 0.1) is 17.7 Å². The first-order chi connectivity index (χ1) is 8.20. The summed E-state index contributed by atoms with van der Waals surface area (Å²) in [5.74, 6) is 0. The van der Waals surface area contributed by atoms with E-state index in [0.29, 0.717) is 11.6 Å². The Morgan fingerprint density at radius 1 is 1.41 bits per heavy atom. The number of nitrogens with zero attached hydrogens (tertiary/aromatic N) is 2. The van der Waals surface area contributed by atoms with Gasteiger partial charge in [0, 0.05) is 12.6 Å². The molecule has 1 saturated heterocycles. The van der Waals surface area contributed by atoms with E-state index in [1.165, 1.54) is 5.56 Å². The number of β-amino-alcohol motifs (C(OH)–C–C–N with tert-alkyl or cyclic N) is 1. The Morgan fingerprint density at radius 2 is 2.12 bits per heavy atom. The van der Waals surface area contributed by atoms with E-state index in [9.17, 15) is 5.11 Å². The fraction of sp³-hybridized carbons (Fsp3) is 0.500. The Hall–Kier alpha value is -1.37. The molecular formula is C14H18N2O. The third kappa shape index (κ3) is 2.85. The molecular weight excluding hydrogens is 212 g/mol. The van der Waals surface area contributed by atoms with Gasteiger partial charge >= 0.3 is 0 Å². The molecule has 0 aliphatic carbocycles. The van der Waals surface area contributed by atoms with Gasteiger partial charge in [-0.25, -0.2) is 0 Å². The Labute approximate surface area is 102 Å². The number of aliphatic hydroxyl groups excluding tert-OH is 1. The Morgan fingerprint density at radius 3 is 2.71 bits per heavy atom. The van der Waals surface area contributed by atoms with Crippen LogP contribution in [-0.2, 0) is 0 Å². The third-order valence-corrected chi connectivity index (χ3v) is 3.50. The van der Waals surface area contributed by atoms with Crippen molar-refractivity contribution in [1.29, 1.82) is 5.26 Å². The molecule has 3 heteroatoms. The quantitative estimate of drug-likeness (QED) is 0.846. The maximum absolute atomic E-state index is 9.67. The van der Waals surface area contributed by atoms with E-state index in [1.54, 1.807) is 0 Å². The smallest absolute Gasteiger partial charge is 0.0991 e. The average Bonchev–Trinajstić information content (AvgIpc) is 2.38. The predicted molar refractivity (Wildman–Crippen MR) is 66.4 cm³/mol. The van der Waals surface area contributed by atoms with Gasteiger partial charge in [0.1, 0.15) is 0 Å². The molecule has 2 rings (SSSR count). The largest absolute Gasteiger partial charge is 0.392 e. The van der Waals surface area contributed by atoms with Crippen LogP contribution in [0.2, 0.25) is 0 Å². The van der Waals surface area contributed by atoms with E-state index in [2.05, 4.69) is 17.9 Å². The molecule has 0 amide bonds. The van der Waals surface area contributed by atoms with Crippen LogP contribution in [0, 0.1) is 11.3 Å². The molecule has 0 aromatic heterocycles. The first-order valence-electron chi connectivity index (χ1n) is 6.13. The molecule has 2 unspecified atom stereocenters. The third-order valence-electron chi connectivity index (χ3n) is 3.50. The van der Waals surface area contributed by atoms with Gasteiger partial charge in [-0.05, 0) is 44.0 Å². The first-order valence-corrected chi connectivity index (χ1v) is 6.13. The highest BCUT2D eigenvalue weighted by molar-refractivity contribution is 5.32. The van der Waals surface area contributed by atoms with Crippen molar-refractivity contribution in [1.82, 2.24) is 4.90 Å². The fourth-order valence-corrected chi connectivity index (χ4v) is 2.38. The van der Waals surface area contributed by atoms with Crippen molar-refractivity contribution in [3.63, 3.8) is 0 Å². The van der Waals surface area contributed by atoms with Crippen molar-refractivity contribution in [2.75, 3.05) is 13.1 Å². The van der Waals surface area contributed by atoms with Crippen LogP contribution in [0.15, 0.2) is 24.3 Å². The van der Waals surface area contributed by atoms with Crippen LogP contribution < -0.4 is 0 Å². The topological polar surface area (TPSA) is 47.3 Å². The Bertz CT molecular complexity index is 407. The molecule has 1 aromatic carbocycles. The van der Waals surface area contributed by atoms with E-state index in [4.69, 9.17) is 5.26 Å². The van der Waals surface area contributed by atoms with Gasteiger partial charge in [-0.3, -0.25) is 4.90 Å². The van der Waals surface area contributed by atoms with Crippen molar-refractivity contribution >= 4 is 0 Å². The highest BCUT2D eigenvalue weighted by Gasteiger charge is 2.22. The van der Waals surface area contributed by atoms with E-state index in [-0.39, 0.29) is 6.10 Å². The van der Waals surface area contributed by atoms with E-state index in [1.807, 2.05) is 24.3 Å². The van der Waals surface area contributed by atoms with E-state index < -0.39 is 0 Å². The van der Waals surface area contributed by atoms with Crippen LogP contribution >= 0.6 is 0 Å². The number of hydrogen-bond donors (Lipinski definition) is 1. The van der Waals surface area contributed by atoms with Crippen molar-refractivity contribution in [2.45, 2.75) is 31.9 Å². The lowest BCUT2D eigenvalue weighted by molar-refractivity contribution is 0.0504. The number of aliphatic hydroxyl groups is 1. The summed E-state index contributed by atoms with van der Waals surface area (Å²) >= 11 is 0. The molecule has 2 atom stereocenters. The summed E-state index contributed by atoms with van der Waals surface area (Å²) in [4.78, 5) is 2.30. The number of rotatable bonds is 2. The van der Waals surface area contributed by atoms with Gasteiger partial charge in [-0.2, -0.15) is 5.26 Å². The molecule has 1 aliphatic heterocycles. The Kier molecular flexibility index (Phi) is 3.78. The molecule has 0 spiro atoms. The molecule has 0 radical (unpaired) electrons. The highest BCUT2D eigenvalue weighted by Crippen LogP contribution is 2.24. The maximum atomic E-state index is 9.67. The monoisotopic (exact) mass is 230 g/mol. The van der Waals surface area contributed by atoms with Crippen molar-refractivity contribution in [3.8, 4) is 6.07 Å². The molecule has 3 nitrogen and oxygen atoms in total. The van der Waals surface area contributed by atoms with Crippen LogP contribution in [0.3, 0.4) is 0 Å². The van der Waals surface area contributed by atoms with Crippen LogP contribution in [0.25, 0.3) is 0 Å². The summed E-state index contributed by atoms with van der Waals surface area (Å²) in [7, 11) is 0. The second-order valence-electron chi connectivity index (χ2n) is 4.70. The summed E-state index contributed by atoms with van der Waals surface area (Å²) in [5, 5.41) is 18.4. The molecule has 90 valence electrons. The second kappa shape index (κ2) is 5.31. The number of hydrogen-bond acceptors (Lipinski definition) is 3. The average molecular weight is 230 g/mol. The van der Waals surface area contributed by atoms with Gasteiger partial charge in [-0.15, -0.1) is 0 Å². The highest BCUT2D eigenvalue weighted by atomic mass is 16.3. The second-order valence-corrected chi connectivity index (χ2v) is 4.70. The van der Waals surface area contributed by atoms with Gasteiger partial charge in [0.2, 0.25) is 0 Å². The predicted octanol–water partition coefficient (Wildman–Crippen LogP) is 2.08. The standard InChI is InChI=1S/C14H18N2O/c1-11(16-8-2-3-14(17)10-16)13-6-4-12(9-15)5-7-13/h4-7,11,14,17H,2-3,8,10H2,1H3. The SMILES string of the molecule is CC(c1ccc(C#N)cc1)N1CCCC(O)C1. The zero-order valence-corrected chi connectivity index (χ0v) is 10.1. The first kappa shape index (κ1) is 12.1. The lowest BCUT2D eigenvalue weighted by atomic mass is 10.0. The van der Waals surface area contributed by atoms with Crippen molar-refractivity contribution < 1.29 is 5.11 Å². The van der Waals surface area contributed by atoms with Gasteiger partial charge in [0.25, 0.3) is 0 Å². The normalized spacial score (nSPS) is 23.0. The zero-order valence-electron chi connectivity index (χ0n) is 10.1. The zero-order chi connectivity index (χ0) is 12.3.